The maximum absolute atomic E-state index is 12.3. The molecule has 1 aliphatic heterocycles. The number of hydrogen-bond acceptors (Lipinski definition) is 3. The molecule has 3 nitrogen and oxygen atoms in total. The van der Waals surface area contributed by atoms with Gasteiger partial charge in [0.2, 0.25) is 0 Å². The lowest BCUT2D eigenvalue weighted by atomic mass is 10.0. The van der Waals surface area contributed by atoms with Crippen molar-refractivity contribution in [2.75, 3.05) is 39.4 Å². The fourth-order valence-corrected chi connectivity index (χ4v) is 2.16. The minimum Gasteiger partial charge on any atom is -0.379 e. The van der Waals surface area contributed by atoms with Crippen molar-refractivity contribution < 1.29 is 17.9 Å². The predicted molar refractivity (Wildman–Crippen MR) is 59.9 cm³/mol. The van der Waals surface area contributed by atoms with E-state index < -0.39 is 12.7 Å². The first-order valence-corrected chi connectivity index (χ1v) is 6.06. The molecule has 17 heavy (non-hydrogen) atoms. The summed E-state index contributed by atoms with van der Waals surface area (Å²) in [4.78, 5) is 1.43. The van der Waals surface area contributed by atoms with Crippen molar-refractivity contribution in [3.63, 3.8) is 0 Å². The molecule has 1 fully saturated rings. The van der Waals surface area contributed by atoms with Crippen molar-refractivity contribution in [2.45, 2.75) is 26.1 Å². The molecular formula is C11H21F3N2O. The van der Waals surface area contributed by atoms with Crippen LogP contribution in [0.4, 0.5) is 13.2 Å². The fourth-order valence-electron chi connectivity index (χ4n) is 2.16. The van der Waals surface area contributed by atoms with Crippen LogP contribution >= 0.6 is 0 Å². The molecule has 102 valence electrons. The molecule has 2 atom stereocenters. The first-order chi connectivity index (χ1) is 7.96. The summed E-state index contributed by atoms with van der Waals surface area (Å²) < 4.78 is 42.3. The van der Waals surface area contributed by atoms with Gasteiger partial charge in [-0.15, -0.1) is 0 Å². The Balaban J connectivity index is 2.44. The Morgan fingerprint density at radius 1 is 1.29 bits per heavy atom. The molecule has 1 rings (SSSR count). The summed E-state index contributed by atoms with van der Waals surface area (Å²) in [5.74, 6) is 0.150. The zero-order chi connectivity index (χ0) is 12.9. The normalized spacial score (nSPS) is 25.8. The van der Waals surface area contributed by atoms with E-state index in [1.165, 1.54) is 4.90 Å². The van der Waals surface area contributed by atoms with Gasteiger partial charge in [0.15, 0.2) is 0 Å². The van der Waals surface area contributed by atoms with E-state index in [4.69, 9.17) is 4.74 Å². The van der Waals surface area contributed by atoms with E-state index in [1.807, 2.05) is 6.92 Å². The van der Waals surface area contributed by atoms with E-state index in [1.54, 1.807) is 6.92 Å². The predicted octanol–water partition coefficient (Wildman–Crippen LogP) is 1.50. The van der Waals surface area contributed by atoms with Crippen molar-refractivity contribution in [3.8, 4) is 0 Å². The molecule has 0 aromatic rings. The lowest BCUT2D eigenvalue weighted by molar-refractivity contribution is -0.146. The molecule has 0 saturated carbocycles. The zero-order valence-electron chi connectivity index (χ0n) is 10.4. The number of rotatable bonds is 6. The highest BCUT2D eigenvalue weighted by Crippen LogP contribution is 2.20. The van der Waals surface area contributed by atoms with Gasteiger partial charge in [0.25, 0.3) is 0 Å². The molecule has 6 heteroatoms. The Morgan fingerprint density at radius 3 is 2.53 bits per heavy atom. The Labute approximate surface area is 100 Å². The van der Waals surface area contributed by atoms with Gasteiger partial charge in [-0.1, -0.05) is 13.8 Å². The van der Waals surface area contributed by atoms with Crippen LogP contribution in [-0.2, 0) is 4.74 Å². The SMILES string of the molecule is CCNC1COCC1CN(CC)CC(F)(F)F. The molecule has 0 aliphatic carbocycles. The smallest absolute Gasteiger partial charge is 0.379 e. The average Bonchev–Trinajstić information content (AvgIpc) is 2.63. The quantitative estimate of drug-likeness (QED) is 0.777. The third-order valence-electron chi connectivity index (χ3n) is 3.01. The van der Waals surface area contributed by atoms with Crippen LogP contribution in [0.5, 0.6) is 0 Å². The third kappa shape index (κ3) is 5.23. The standard InChI is InChI=1S/C11H21F3N2O/c1-3-15-10-7-17-6-9(10)5-16(4-2)8-11(12,13)14/h9-10,15H,3-8H2,1-2H3. The van der Waals surface area contributed by atoms with Gasteiger partial charge < -0.3 is 10.1 Å². The van der Waals surface area contributed by atoms with Gasteiger partial charge in [-0.2, -0.15) is 13.2 Å². The Kier molecular flexibility index (Phi) is 5.69. The summed E-state index contributed by atoms with van der Waals surface area (Å²) in [6, 6.07) is 0.183. The van der Waals surface area contributed by atoms with E-state index in [-0.39, 0.29) is 12.0 Å². The molecule has 0 radical (unpaired) electrons. The highest BCUT2D eigenvalue weighted by molar-refractivity contribution is 4.83. The zero-order valence-corrected chi connectivity index (χ0v) is 10.4. The summed E-state index contributed by atoms with van der Waals surface area (Å²) in [5, 5.41) is 3.25. The minimum atomic E-state index is -4.12. The number of nitrogens with zero attached hydrogens (tertiary/aromatic N) is 1. The molecule has 0 spiro atoms. The lowest BCUT2D eigenvalue weighted by Gasteiger charge is -2.27. The minimum absolute atomic E-state index is 0.150. The summed E-state index contributed by atoms with van der Waals surface area (Å²) in [5.41, 5.74) is 0. The topological polar surface area (TPSA) is 24.5 Å². The van der Waals surface area contributed by atoms with Crippen LogP contribution in [0, 0.1) is 5.92 Å². The van der Waals surface area contributed by atoms with E-state index in [0.717, 1.165) is 6.54 Å². The van der Waals surface area contributed by atoms with Crippen molar-refractivity contribution in [1.82, 2.24) is 10.2 Å². The highest BCUT2D eigenvalue weighted by atomic mass is 19.4. The molecule has 1 aliphatic rings. The van der Waals surface area contributed by atoms with Crippen molar-refractivity contribution in [3.05, 3.63) is 0 Å². The molecule has 0 aromatic heterocycles. The largest absolute Gasteiger partial charge is 0.401 e. The van der Waals surface area contributed by atoms with Crippen LogP contribution in [0.2, 0.25) is 0 Å². The molecule has 0 bridgehead atoms. The van der Waals surface area contributed by atoms with Crippen molar-refractivity contribution in [1.29, 1.82) is 0 Å². The molecule has 2 unspecified atom stereocenters. The summed E-state index contributed by atoms with van der Waals surface area (Å²) in [6.07, 6.45) is -4.12. The first-order valence-electron chi connectivity index (χ1n) is 6.06. The molecular weight excluding hydrogens is 233 g/mol. The van der Waals surface area contributed by atoms with E-state index in [0.29, 0.717) is 26.3 Å². The van der Waals surface area contributed by atoms with E-state index in [2.05, 4.69) is 5.32 Å². The second-order valence-electron chi connectivity index (χ2n) is 4.40. The van der Waals surface area contributed by atoms with Gasteiger partial charge in [0, 0.05) is 18.5 Å². The van der Waals surface area contributed by atoms with Gasteiger partial charge in [0.1, 0.15) is 0 Å². The number of hydrogen-bond donors (Lipinski definition) is 1. The van der Waals surface area contributed by atoms with Gasteiger partial charge in [-0.3, -0.25) is 4.90 Å². The first kappa shape index (κ1) is 14.7. The molecule has 0 aromatic carbocycles. The number of ether oxygens (including phenoxy) is 1. The third-order valence-corrected chi connectivity index (χ3v) is 3.01. The Bertz CT molecular complexity index is 223. The van der Waals surface area contributed by atoms with Crippen molar-refractivity contribution >= 4 is 0 Å². The van der Waals surface area contributed by atoms with Crippen LogP contribution < -0.4 is 5.32 Å². The Hall–Kier alpha value is -0.330. The second-order valence-corrected chi connectivity index (χ2v) is 4.40. The Morgan fingerprint density at radius 2 is 2.00 bits per heavy atom. The highest BCUT2D eigenvalue weighted by Gasteiger charge is 2.34. The van der Waals surface area contributed by atoms with Gasteiger partial charge in [-0.05, 0) is 13.1 Å². The van der Waals surface area contributed by atoms with Crippen LogP contribution in [0.15, 0.2) is 0 Å². The monoisotopic (exact) mass is 254 g/mol. The van der Waals surface area contributed by atoms with E-state index in [9.17, 15) is 13.2 Å². The van der Waals surface area contributed by atoms with Crippen LogP contribution in [0.1, 0.15) is 13.8 Å². The van der Waals surface area contributed by atoms with E-state index >= 15 is 0 Å². The molecule has 1 N–H and O–H groups in total. The van der Waals surface area contributed by atoms with Gasteiger partial charge >= 0.3 is 6.18 Å². The summed E-state index contributed by atoms with van der Waals surface area (Å²) in [7, 11) is 0. The molecule has 1 heterocycles. The van der Waals surface area contributed by atoms with Crippen LogP contribution in [-0.4, -0.2) is 56.5 Å². The average molecular weight is 254 g/mol. The maximum Gasteiger partial charge on any atom is 0.401 e. The maximum atomic E-state index is 12.3. The van der Waals surface area contributed by atoms with Crippen LogP contribution in [0.25, 0.3) is 0 Å². The summed E-state index contributed by atoms with van der Waals surface area (Å²) in [6.45, 7) is 5.72. The number of halogens is 3. The molecule has 1 saturated heterocycles. The number of likely N-dealkylation sites (N-methyl/N-ethyl adjacent to an activating group) is 1. The van der Waals surface area contributed by atoms with Gasteiger partial charge in [-0.25, -0.2) is 0 Å². The van der Waals surface area contributed by atoms with Crippen molar-refractivity contribution in [2.24, 2.45) is 5.92 Å². The fraction of sp³-hybridized carbons (Fsp3) is 1.00. The summed E-state index contributed by atoms with van der Waals surface area (Å²) >= 11 is 0. The number of alkyl halides is 3. The van der Waals surface area contributed by atoms with Crippen LogP contribution in [0.3, 0.4) is 0 Å². The number of nitrogens with one attached hydrogen (secondary N) is 1. The lowest BCUT2D eigenvalue weighted by Crippen LogP contribution is -2.44. The molecule has 0 amide bonds. The van der Waals surface area contributed by atoms with Gasteiger partial charge in [0.05, 0.1) is 19.8 Å². The second kappa shape index (κ2) is 6.56.